The van der Waals surface area contributed by atoms with Gasteiger partial charge in [-0.15, -0.1) is 0 Å². The first-order valence-corrected chi connectivity index (χ1v) is 5.07. The summed E-state index contributed by atoms with van der Waals surface area (Å²) in [5, 5.41) is 0. The lowest BCUT2D eigenvalue weighted by Gasteiger charge is -2.24. The molecule has 1 aromatic rings. The minimum Gasteiger partial charge on any atom is -0.493 e. The maximum absolute atomic E-state index is 5.51. The van der Waals surface area contributed by atoms with Crippen LogP contribution in [-0.2, 0) is 0 Å². The van der Waals surface area contributed by atoms with E-state index in [0.29, 0.717) is 6.04 Å². The minimum atomic E-state index is 0.454. The zero-order valence-electron chi connectivity index (χ0n) is 6.59. The maximum atomic E-state index is 5.51. The lowest BCUT2D eigenvalue weighted by molar-refractivity contribution is 0.266. The number of para-hydroxylation sites is 1. The average molecular weight is 275 g/mol. The molecule has 1 atom stereocenters. The standard InChI is InChI=1S/C9H10INO/c10-11-8-5-6-12-9-4-2-1-3-7(8)9/h1-4,8,11H,5-6H2. The number of halogens is 1. The Balaban J connectivity index is 2.37. The van der Waals surface area contributed by atoms with E-state index in [-0.39, 0.29) is 0 Å². The highest BCUT2D eigenvalue weighted by atomic mass is 127. The predicted octanol–water partition coefficient (Wildman–Crippen LogP) is 2.45. The van der Waals surface area contributed by atoms with Crippen molar-refractivity contribution in [2.24, 2.45) is 0 Å². The van der Waals surface area contributed by atoms with Crippen molar-refractivity contribution in [3.05, 3.63) is 29.8 Å². The van der Waals surface area contributed by atoms with Crippen LogP contribution in [-0.4, -0.2) is 6.61 Å². The summed E-state index contributed by atoms with van der Waals surface area (Å²) in [6, 6.07) is 8.65. The number of benzene rings is 1. The van der Waals surface area contributed by atoms with Gasteiger partial charge in [-0.25, -0.2) is 0 Å². The van der Waals surface area contributed by atoms with Gasteiger partial charge in [-0.1, -0.05) is 18.2 Å². The maximum Gasteiger partial charge on any atom is 0.124 e. The Hall–Kier alpha value is -0.290. The second kappa shape index (κ2) is 3.62. The molecule has 1 N–H and O–H groups in total. The monoisotopic (exact) mass is 275 g/mol. The number of fused-ring (bicyclic) bond motifs is 1. The molecule has 0 aromatic heterocycles. The van der Waals surface area contributed by atoms with Crippen LogP contribution in [0.5, 0.6) is 5.75 Å². The molecule has 64 valence electrons. The molecule has 3 heteroatoms. The molecule has 0 bridgehead atoms. The molecule has 1 aliphatic rings. The Kier molecular flexibility index (Phi) is 2.51. The molecule has 0 saturated carbocycles. The average Bonchev–Trinajstić information content (AvgIpc) is 2.17. The molecule has 1 unspecified atom stereocenters. The predicted molar refractivity (Wildman–Crippen MR) is 56.5 cm³/mol. The van der Waals surface area contributed by atoms with E-state index < -0.39 is 0 Å². The summed E-state index contributed by atoms with van der Waals surface area (Å²) < 4.78 is 8.76. The molecule has 0 saturated heterocycles. The van der Waals surface area contributed by atoms with Gasteiger partial charge in [0.1, 0.15) is 5.75 Å². The van der Waals surface area contributed by atoms with Gasteiger partial charge >= 0.3 is 0 Å². The smallest absolute Gasteiger partial charge is 0.124 e. The van der Waals surface area contributed by atoms with Crippen LogP contribution in [0.4, 0.5) is 0 Å². The topological polar surface area (TPSA) is 21.3 Å². The highest BCUT2D eigenvalue weighted by Crippen LogP contribution is 2.31. The van der Waals surface area contributed by atoms with Gasteiger partial charge in [-0.2, -0.15) is 0 Å². The van der Waals surface area contributed by atoms with Crippen molar-refractivity contribution in [3.8, 4) is 5.75 Å². The normalized spacial score (nSPS) is 21.2. The molecular formula is C9H10INO. The quantitative estimate of drug-likeness (QED) is 0.628. The Labute approximate surface area is 85.8 Å². The molecule has 0 aliphatic carbocycles. The number of rotatable bonds is 1. The molecule has 0 spiro atoms. The highest BCUT2D eigenvalue weighted by Gasteiger charge is 2.18. The molecule has 0 radical (unpaired) electrons. The van der Waals surface area contributed by atoms with Crippen LogP contribution < -0.4 is 8.27 Å². The van der Waals surface area contributed by atoms with Gasteiger partial charge < -0.3 is 4.74 Å². The van der Waals surface area contributed by atoms with E-state index in [1.54, 1.807) is 0 Å². The van der Waals surface area contributed by atoms with E-state index in [1.165, 1.54) is 5.56 Å². The molecule has 1 aliphatic heterocycles. The molecular weight excluding hydrogens is 265 g/mol. The Morgan fingerprint density at radius 3 is 3.08 bits per heavy atom. The van der Waals surface area contributed by atoms with E-state index in [2.05, 4.69) is 38.5 Å². The second-order valence-electron chi connectivity index (χ2n) is 2.84. The summed E-state index contributed by atoms with van der Waals surface area (Å²) in [5.74, 6) is 1.03. The molecule has 12 heavy (non-hydrogen) atoms. The Morgan fingerprint density at radius 1 is 1.42 bits per heavy atom. The summed E-state index contributed by atoms with van der Waals surface area (Å²) in [6.45, 7) is 0.817. The van der Waals surface area contributed by atoms with Gasteiger partial charge in [-0.05, 0) is 6.07 Å². The highest BCUT2D eigenvalue weighted by molar-refractivity contribution is 14.1. The van der Waals surface area contributed by atoms with Crippen molar-refractivity contribution < 1.29 is 4.74 Å². The number of hydrogen-bond acceptors (Lipinski definition) is 2. The van der Waals surface area contributed by atoms with Crippen molar-refractivity contribution >= 4 is 22.9 Å². The van der Waals surface area contributed by atoms with Gasteiger partial charge in [0.2, 0.25) is 0 Å². The van der Waals surface area contributed by atoms with Gasteiger partial charge in [-0.3, -0.25) is 3.53 Å². The second-order valence-corrected chi connectivity index (χ2v) is 3.46. The van der Waals surface area contributed by atoms with Gasteiger partial charge in [0.25, 0.3) is 0 Å². The van der Waals surface area contributed by atoms with Crippen molar-refractivity contribution in [2.45, 2.75) is 12.5 Å². The fourth-order valence-electron chi connectivity index (χ4n) is 1.46. The summed E-state index contributed by atoms with van der Waals surface area (Å²) in [4.78, 5) is 0. The molecule has 1 heterocycles. The SMILES string of the molecule is INC1CCOc2ccccc21. The molecule has 2 rings (SSSR count). The lowest BCUT2D eigenvalue weighted by Crippen LogP contribution is -2.20. The van der Waals surface area contributed by atoms with Crippen molar-refractivity contribution in [2.75, 3.05) is 6.61 Å². The fraction of sp³-hybridized carbons (Fsp3) is 0.333. The summed E-state index contributed by atoms with van der Waals surface area (Å²) in [5.41, 5.74) is 1.28. The summed E-state index contributed by atoms with van der Waals surface area (Å²) >= 11 is 2.20. The van der Waals surface area contributed by atoms with E-state index in [1.807, 2.05) is 12.1 Å². The lowest BCUT2D eigenvalue weighted by atomic mass is 10.0. The largest absolute Gasteiger partial charge is 0.493 e. The zero-order chi connectivity index (χ0) is 8.39. The third kappa shape index (κ3) is 1.43. The Morgan fingerprint density at radius 2 is 2.25 bits per heavy atom. The third-order valence-electron chi connectivity index (χ3n) is 2.09. The van der Waals surface area contributed by atoms with Gasteiger partial charge in [0, 0.05) is 40.9 Å². The third-order valence-corrected chi connectivity index (χ3v) is 2.84. The Bertz CT molecular complexity index is 277. The number of nitrogens with one attached hydrogen (secondary N) is 1. The van der Waals surface area contributed by atoms with Gasteiger partial charge in [0.15, 0.2) is 0 Å². The van der Waals surface area contributed by atoms with Crippen LogP contribution >= 0.6 is 22.9 Å². The molecule has 0 amide bonds. The number of ether oxygens (including phenoxy) is 1. The van der Waals surface area contributed by atoms with Gasteiger partial charge in [0.05, 0.1) is 6.61 Å². The van der Waals surface area contributed by atoms with Crippen molar-refractivity contribution in [3.63, 3.8) is 0 Å². The minimum absolute atomic E-state index is 0.454. The van der Waals surface area contributed by atoms with Crippen LogP contribution in [0.2, 0.25) is 0 Å². The molecule has 0 fully saturated rings. The molecule has 1 aromatic carbocycles. The van der Waals surface area contributed by atoms with Crippen LogP contribution in [0, 0.1) is 0 Å². The van der Waals surface area contributed by atoms with E-state index >= 15 is 0 Å². The first kappa shape index (κ1) is 8.31. The van der Waals surface area contributed by atoms with E-state index in [0.717, 1.165) is 18.8 Å². The molecule has 2 nitrogen and oxygen atoms in total. The summed E-state index contributed by atoms with van der Waals surface area (Å²) in [6.07, 6.45) is 1.06. The number of hydrogen-bond donors (Lipinski definition) is 1. The fourth-order valence-corrected chi connectivity index (χ4v) is 2.10. The van der Waals surface area contributed by atoms with Crippen molar-refractivity contribution in [1.29, 1.82) is 0 Å². The first-order valence-electron chi connectivity index (χ1n) is 3.99. The van der Waals surface area contributed by atoms with E-state index in [9.17, 15) is 0 Å². The van der Waals surface area contributed by atoms with Crippen LogP contribution in [0.1, 0.15) is 18.0 Å². The van der Waals surface area contributed by atoms with Crippen molar-refractivity contribution in [1.82, 2.24) is 3.53 Å². The van der Waals surface area contributed by atoms with Crippen LogP contribution in [0.15, 0.2) is 24.3 Å². The van der Waals surface area contributed by atoms with Crippen LogP contribution in [0.25, 0.3) is 0 Å². The first-order chi connectivity index (χ1) is 5.92. The summed E-state index contributed by atoms with van der Waals surface area (Å²) in [7, 11) is 0. The zero-order valence-corrected chi connectivity index (χ0v) is 8.74. The van der Waals surface area contributed by atoms with E-state index in [4.69, 9.17) is 4.74 Å². The van der Waals surface area contributed by atoms with Crippen LogP contribution in [0.3, 0.4) is 0 Å².